The molecule has 0 spiro atoms. The van der Waals surface area contributed by atoms with Gasteiger partial charge in [0.05, 0.1) is 12.2 Å². The molecule has 1 saturated heterocycles. The molecule has 1 saturated carbocycles. The van der Waals surface area contributed by atoms with E-state index in [0.29, 0.717) is 17.9 Å². The first-order valence-corrected chi connectivity index (χ1v) is 7.83. The molecule has 1 N–H and O–H groups in total. The Morgan fingerprint density at radius 2 is 2.00 bits per heavy atom. The number of nitrogens with one attached hydrogen (secondary N) is 1. The third-order valence-corrected chi connectivity index (χ3v) is 4.55. The Balaban J connectivity index is 1.72. The Kier molecular flexibility index (Phi) is 3.79. The van der Waals surface area contributed by atoms with Crippen molar-refractivity contribution >= 4 is 5.91 Å². The third kappa shape index (κ3) is 2.59. The molecule has 0 bridgehead atoms. The number of rotatable bonds is 5. The normalized spacial score (nSPS) is 32.7. The predicted molar refractivity (Wildman–Crippen MR) is 80.2 cm³/mol. The number of carbonyl (C=O) groups is 1. The second kappa shape index (κ2) is 5.57. The lowest BCUT2D eigenvalue weighted by molar-refractivity contribution is -0.130. The Morgan fingerprint density at radius 3 is 2.60 bits per heavy atom. The van der Waals surface area contributed by atoms with Crippen molar-refractivity contribution in [1.29, 1.82) is 0 Å². The molecular formula is C17H24N2O. The van der Waals surface area contributed by atoms with Crippen molar-refractivity contribution in [2.75, 3.05) is 0 Å². The summed E-state index contributed by atoms with van der Waals surface area (Å²) >= 11 is 0. The number of amides is 1. The predicted octanol–water partition coefficient (Wildman–Crippen LogP) is 2.56. The van der Waals surface area contributed by atoms with Gasteiger partial charge >= 0.3 is 0 Å². The monoisotopic (exact) mass is 272 g/mol. The molecule has 2 aliphatic rings. The van der Waals surface area contributed by atoms with Gasteiger partial charge in [-0.3, -0.25) is 10.1 Å². The van der Waals surface area contributed by atoms with Crippen molar-refractivity contribution < 1.29 is 4.79 Å². The van der Waals surface area contributed by atoms with Crippen LogP contribution >= 0.6 is 0 Å². The summed E-state index contributed by atoms with van der Waals surface area (Å²) in [5.74, 6) is 0.984. The number of nitrogens with zero attached hydrogens (tertiary/aromatic N) is 1. The van der Waals surface area contributed by atoms with Crippen molar-refractivity contribution in [3.63, 3.8) is 0 Å². The van der Waals surface area contributed by atoms with Gasteiger partial charge in [0.2, 0.25) is 5.91 Å². The van der Waals surface area contributed by atoms with Gasteiger partial charge in [0.1, 0.15) is 0 Å². The van der Waals surface area contributed by atoms with Gasteiger partial charge in [-0.1, -0.05) is 50.6 Å². The number of carbonyl (C=O) groups excluding carboxylic acids is 1. The van der Waals surface area contributed by atoms with Crippen molar-refractivity contribution in [1.82, 2.24) is 10.2 Å². The molecule has 4 unspecified atom stereocenters. The van der Waals surface area contributed by atoms with Crippen LogP contribution in [0, 0.1) is 5.92 Å². The summed E-state index contributed by atoms with van der Waals surface area (Å²) in [7, 11) is 0. The zero-order valence-corrected chi connectivity index (χ0v) is 12.4. The molecule has 0 radical (unpaired) electrons. The molecule has 1 heterocycles. The maximum absolute atomic E-state index is 12.7. The van der Waals surface area contributed by atoms with E-state index in [9.17, 15) is 4.79 Å². The Hall–Kier alpha value is -1.35. The van der Waals surface area contributed by atoms with Crippen LogP contribution in [-0.4, -0.2) is 29.1 Å². The summed E-state index contributed by atoms with van der Waals surface area (Å²) in [6.07, 6.45) is 4.39. The quantitative estimate of drug-likeness (QED) is 0.893. The van der Waals surface area contributed by atoms with Crippen LogP contribution < -0.4 is 5.32 Å². The van der Waals surface area contributed by atoms with Gasteiger partial charge in [-0.2, -0.15) is 0 Å². The largest absolute Gasteiger partial charge is 0.323 e. The Bertz CT molecular complexity index is 473. The molecule has 1 aromatic carbocycles. The molecule has 3 nitrogen and oxygen atoms in total. The first kappa shape index (κ1) is 13.6. The minimum absolute atomic E-state index is 0.0400. The van der Waals surface area contributed by atoms with Crippen LogP contribution in [0.2, 0.25) is 0 Å². The van der Waals surface area contributed by atoms with Gasteiger partial charge in [0.15, 0.2) is 0 Å². The molecule has 3 rings (SSSR count). The van der Waals surface area contributed by atoms with Gasteiger partial charge in [-0.05, 0) is 30.7 Å². The molecule has 1 aliphatic carbocycles. The van der Waals surface area contributed by atoms with Crippen LogP contribution in [0.1, 0.15) is 38.7 Å². The second-order valence-electron chi connectivity index (χ2n) is 6.24. The fraction of sp³-hybridized carbons (Fsp3) is 0.588. The summed E-state index contributed by atoms with van der Waals surface area (Å²) in [4.78, 5) is 14.8. The lowest BCUT2D eigenvalue weighted by Crippen LogP contribution is -2.39. The van der Waals surface area contributed by atoms with E-state index in [-0.39, 0.29) is 12.2 Å². The topological polar surface area (TPSA) is 32.3 Å². The highest BCUT2D eigenvalue weighted by Crippen LogP contribution is 2.38. The number of benzene rings is 1. The molecule has 108 valence electrons. The molecule has 20 heavy (non-hydrogen) atoms. The van der Waals surface area contributed by atoms with Gasteiger partial charge in [-0.15, -0.1) is 0 Å². The average molecular weight is 272 g/mol. The summed E-state index contributed by atoms with van der Waals surface area (Å²) in [6, 6.07) is 10.7. The van der Waals surface area contributed by atoms with Crippen LogP contribution in [0.25, 0.3) is 0 Å². The van der Waals surface area contributed by atoms with E-state index in [2.05, 4.69) is 36.2 Å². The minimum atomic E-state index is -0.0400. The smallest absolute Gasteiger partial charge is 0.241 e. The molecule has 1 aliphatic heterocycles. The minimum Gasteiger partial charge on any atom is -0.323 e. The van der Waals surface area contributed by atoms with Gasteiger partial charge in [0, 0.05) is 6.04 Å². The van der Waals surface area contributed by atoms with E-state index >= 15 is 0 Å². The summed E-state index contributed by atoms with van der Waals surface area (Å²) in [5.41, 5.74) is 1.24. The van der Waals surface area contributed by atoms with Crippen LogP contribution in [0.15, 0.2) is 30.3 Å². The van der Waals surface area contributed by atoms with Gasteiger partial charge in [0.25, 0.3) is 0 Å². The summed E-state index contributed by atoms with van der Waals surface area (Å²) < 4.78 is 0. The molecule has 2 fully saturated rings. The molecule has 1 aromatic rings. The van der Waals surface area contributed by atoms with Crippen LogP contribution in [0.5, 0.6) is 0 Å². The van der Waals surface area contributed by atoms with E-state index < -0.39 is 0 Å². The van der Waals surface area contributed by atoms with E-state index in [1.165, 1.54) is 12.0 Å². The van der Waals surface area contributed by atoms with Crippen LogP contribution in [0.4, 0.5) is 0 Å². The molecular weight excluding hydrogens is 248 g/mol. The van der Waals surface area contributed by atoms with Crippen LogP contribution in [-0.2, 0) is 11.2 Å². The van der Waals surface area contributed by atoms with Crippen molar-refractivity contribution in [3.05, 3.63) is 35.9 Å². The first-order valence-electron chi connectivity index (χ1n) is 7.83. The highest BCUT2D eigenvalue weighted by atomic mass is 16.2. The van der Waals surface area contributed by atoms with Gasteiger partial charge < -0.3 is 4.90 Å². The first-order chi connectivity index (χ1) is 9.70. The fourth-order valence-corrected chi connectivity index (χ4v) is 3.29. The van der Waals surface area contributed by atoms with Crippen molar-refractivity contribution in [2.45, 2.75) is 57.8 Å². The number of hydrogen-bond donors (Lipinski definition) is 1. The number of hydrogen-bond acceptors (Lipinski definition) is 2. The molecule has 4 atom stereocenters. The fourth-order valence-electron chi connectivity index (χ4n) is 3.29. The highest BCUT2D eigenvalue weighted by Gasteiger charge is 2.49. The summed E-state index contributed by atoms with van der Waals surface area (Å²) in [5, 5.41) is 3.56. The SMILES string of the molecule is CCCC1NC(Cc2ccccc2)C(=O)N1C1CC1C. The highest BCUT2D eigenvalue weighted by molar-refractivity contribution is 5.85. The van der Waals surface area contributed by atoms with E-state index in [1.54, 1.807) is 0 Å². The van der Waals surface area contributed by atoms with Crippen LogP contribution in [0.3, 0.4) is 0 Å². The van der Waals surface area contributed by atoms with Gasteiger partial charge in [-0.25, -0.2) is 0 Å². The molecule has 0 aromatic heterocycles. The zero-order chi connectivity index (χ0) is 14.1. The van der Waals surface area contributed by atoms with E-state index in [0.717, 1.165) is 19.3 Å². The van der Waals surface area contributed by atoms with E-state index in [4.69, 9.17) is 0 Å². The van der Waals surface area contributed by atoms with Crippen molar-refractivity contribution in [2.24, 2.45) is 5.92 Å². The lowest BCUT2D eigenvalue weighted by atomic mass is 10.1. The zero-order valence-electron chi connectivity index (χ0n) is 12.4. The maximum Gasteiger partial charge on any atom is 0.241 e. The average Bonchev–Trinajstić information content (AvgIpc) is 3.08. The standard InChI is InChI=1S/C17H24N2O/c1-3-7-16-18-14(11-13-8-5-4-6-9-13)17(20)19(16)15-10-12(15)2/h4-6,8-9,12,14-16,18H,3,7,10-11H2,1-2H3. The molecule has 3 heteroatoms. The lowest BCUT2D eigenvalue weighted by Gasteiger charge is -2.24. The van der Waals surface area contributed by atoms with E-state index in [1.807, 2.05) is 18.2 Å². The Labute approximate surface area is 121 Å². The molecule has 1 amide bonds. The van der Waals surface area contributed by atoms with Crippen molar-refractivity contribution in [3.8, 4) is 0 Å². The maximum atomic E-state index is 12.7. The third-order valence-electron chi connectivity index (χ3n) is 4.55. The Morgan fingerprint density at radius 1 is 1.30 bits per heavy atom. The summed E-state index contributed by atoms with van der Waals surface area (Å²) in [6.45, 7) is 4.43. The second-order valence-corrected chi connectivity index (χ2v) is 6.24.